The van der Waals surface area contributed by atoms with Gasteiger partial charge in [-0.15, -0.1) is 0 Å². The second-order valence-corrected chi connectivity index (χ2v) is 9.80. The monoisotopic (exact) mass is 337 g/mol. The van der Waals surface area contributed by atoms with Gasteiger partial charge >= 0.3 is 0 Å². The lowest BCUT2D eigenvalue weighted by atomic mass is 9.64. The lowest BCUT2D eigenvalue weighted by Crippen LogP contribution is -2.61. The van der Waals surface area contributed by atoms with E-state index in [1.54, 1.807) is 0 Å². The van der Waals surface area contributed by atoms with Gasteiger partial charge in [-0.3, -0.25) is 0 Å². The van der Waals surface area contributed by atoms with E-state index in [1.165, 1.54) is 5.56 Å². The van der Waals surface area contributed by atoms with Crippen molar-refractivity contribution in [3.63, 3.8) is 0 Å². The van der Waals surface area contributed by atoms with Crippen molar-refractivity contribution < 1.29 is 13.2 Å². The van der Waals surface area contributed by atoms with Gasteiger partial charge in [0.05, 0.1) is 24.2 Å². The number of ether oxygens (including phenoxy) is 1. The van der Waals surface area contributed by atoms with E-state index in [-0.39, 0.29) is 17.4 Å². The summed E-state index contributed by atoms with van der Waals surface area (Å²) in [5, 5.41) is 3.57. The van der Waals surface area contributed by atoms with Gasteiger partial charge in [-0.1, -0.05) is 44.2 Å². The van der Waals surface area contributed by atoms with Crippen LogP contribution in [0.5, 0.6) is 0 Å². The van der Waals surface area contributed by atoms with Gasteiger partial charge in [0.2, 0.25) is 0 Å². The van der Waals surface area contributed by atoms with E-state index in [0.29, 0.717) is 24.2 Å². The van der Waals surface area contributed by atoms with Gasteiger partial charge in [0.1, 0.15) is 0 Å². The third kappa shape index (κ3) is 3.95. The lowest BCUT2D eigenvalue weighted by molar-refractivity contribution is -0.125. The second-order valence-electron chi connectivity index (χ2n) is 7.57. The highest BCUT2D eigenvalue weighted by atomic mass is 32.2. The molecule has 0 amide bonds. The number of hydrogen-bond acceptors (Lipinski definition) is 4. The number of sulfone groups is 1. The van der Waals surface area contributed by atoms with Crippen molar-refractivity contribution in [2.24, 2.45) is 11.3 Å². The van der Waals surface area contributed by atoms with E-state index in [2.05, 4.69) is 31.3 Å². The molecule has 2 fully saturated rings. The molecule has 1 heterocycles. The maximum absolute atomic E-state index is 11.5. The van der Waals surface area contributed by atoms with Gasteiger partial charge in [0.25, 0.3) is 0 Å². The van der Waals surface area contributed by atoms with Crippen molar-refractivity contribution in [1.29, 1.82) is 0 Å². The largest absolute Gasteiger partial charge is 0.373 e. The molecular formula is C18H27NO3S. The molecule has 128 valence electrons. The minimum atomic E-state index is -2.78. The molecule has 0 bridgehead atoms. The van der Waals surface area contributed by atoms with E-state index in [9.17, 15) is 8.42 Å². The predicted octanol–water partition coefficient (Wildman–Crippen LogP) is 2.39. The van der Waals surface area contributed by atoms with E-state index in [4.69, 9.17) is 4.74 Å². The molecule has 1 aromatic rings. The summed E-state index contributed by atoms with van der Waals surface area (Å²) < 4.78 is 29.1. The predicted molar refractivity (Wildman–Crippen MR) is 92.0 cm³/mol. The number of rotatable bonds is 6. The van der Waals surface area contributed by atoms with Crippen molar-refractivity contribution in [1.82, 2.24) is 5.32 Å². The van der Waals surface area contributed by atoms with Crippen molar-refractivity contribution >= 4 is 9.84 Å². The molecular weight excluding hydrogens is 310 g/mol. The Morgan fingerprint density at radius 1 is 1.26 bits per heavy atom. The molecule has 1 aliphatic heterocycles. The topological polar surface area (TPSA) is 55.4 Å². The SMILES string of the molecule is CC1(C)[C@@H](OCc2ccccc2)C[C@H]1NC[C@@H]1CCS(=O)(=O)C1. The van der Waals surface area contributed by atoms with Gasteiger partial charge in [-0.2, -0.15) is 0 Å². The highest BCUT2D eigenvalue weighted by Gasteiger charge is 2.49. The Morgan fingerprint density at radius 2 is 2.00 bits per heavy atom. The summed E-state index contributed by atoms with van der Waals surface area (Å²) in [5.74, 6) is 0.984. The van der Waals surface area contributed by atoms with E-state index in [1.807, 2.05) is 18.2 Å². The summed E-state index contributed by atoms with van der Waals surface area (Å²) in [6.07, 6.45) is 2.06. The standard InChI is InChI=1S/C18H27NO3S/c1-18(2)16(19-11-15-8-9-23(20,21)13-15)10-17(18)22-12-14-6-4-3-5-7-14/h3-7,15-17,19H,8-13H2,1-2H3/t15-,16+,17-/m0/s1. The molecule has 1 aliphatic carbocycles. The Labute approximate surface area is 139 Å². The van der Waals surface area contributed by atoms with Crippen LogP contribution in [0.3, 0.4) is 0 Å². The van der Waals surface area contributed by atoms with Crippen LogP contribution in [-0.4, -0.2) is 38.6 Å². The summed E-state index contributed by atoms with van der Waals surface area (Å²) >= 11 is 0. The van der Waals surface area contributed by atoms with Gasteiger partial charge in [0.15, 0.2) is 9.84 Å². The fourth-order valence-electron chi connectivity index (χ4n) is 3.63. The van der Waals surface area contributed by atoms with Gasteiger partial charge in [-0.25, -0.2) is 8.42 Å². The summed E-state index contributed by atoms with van der Waals surface area (Å²) in [5.41, 5.74) is 1.29. The lowest BCUT2D eigenvalue weighted by Gasteiger charge is -2.52. The van der Waals surface area contributed by atoms with Crippen LogP contribution in [0.2, 0.25) is 0 Å². The first-order chi connectivity index (χ1) is 10.9. The Kier molecular flexibility index (Phi) is 4.81. The van der Waals surface area contributed by atoms with Gasteiger partial charge < -0.3 is 10.1 Å². The summed E-state index contributed by atoms with van der Waals surface area (Å²) in [7, 11) is -2.78. The average Bonchev–Trinajstić information content (AvgIpc) is 2.86. The molecule has 1 aromatic carbocycles. The molecule has 0 aromatic heterocycles. The van der Waals surface area contributed by atoms with Crippen molar-refractivity contribution in [3.05, 3.63) is 35.9 Å². The fraction of sp³-hybridized carbons (Fsp3) is 0.667. The summed E-state index contributed by atoms with van der Waals surface area (Å²) in [6, 6.07) is 10.7. The minimum Gasteiger partial charge on any atom is -0.373 e. The highest BCUT2D eigenvalue weighted by Crippen LogP contribution is 2.43. The molecule has 0 unspecified atom stereocenters. The summed E-state index contributed by atoms with van der Waals surface area (Å²) in [6.45, 7) is 5.92. The van der Waals surface area contributed by atoms with Crippen molar-refractivity contribution in [2.75, 3.05) is 18.1 Å². The third-order valence-corrected chi connectivity index (χ3v) is 7.29. The normalized spacial score (nSPS) is 31.7. The van der Waals surface area contributed by atoms with Crippen LogP contribution in [0.15, 0.2) is 30.3 Å². The van der Waals surface area contributed by atoms with Crippen molar-refractivity contribution in [3.8, 4) is 0 Å². The molecule has 3 rings (SSSR count). The molecule has 0 radical (unpaired) electrons. The van der Waals surface area contributed by atoms with Crippen LogP contribution in [0.25, 0.3) is 0 Å². The number of benzene rings is 1. The van der Waals surface area contributed by atoms with Crippen LogP contribution < -0.4 is 5.32 Å². The molecule has 1 N–H and O–H groups in total. The van der Waals surface area contributed by atoms with E-state index >= 15 is 0 Å². The quantitative estimate of drug-likeness (QED) is 0.866. The zero-order chi connectivity index (χ0) is 16.5. The molecule has 0 spiro atoms. The first-order valence-electron chi connectivity index (χ1n) is 8.46. The Hall–Kier alpha value is -0.910. The highest BCUT2D eigenvalue weighted by molar-refractivity contribution is 7.91. The van der Waals surface area contributed by atoms with Crippen LogP contribution in [-0.2, 0) is 21.2 Å². The molecule has 4 nitrogen and oxygen atoms in total. The maximum atomic E-state index is 11.5. The smallest absolute Gasteiger partial charge is 0.150 e. The Morgan fingerprint density at radius 3 is 2.61 bits per heavy atom. The molecule has 1 saturated carbocycles. The second kappa shape index (κ2) is 6.54. The zero-order valence-corrected chi connectivity index (χ0v) is 14.8. The molecule has 23 heavy (non-hydrogen) atoms. The zero-order valence-electron chi connectivity index (χ0n) is 14.0. The Balaban J connectivity index is 1.43. The summed E-state index contributed by atoms with van der Waals surface area (Å²) in [4.78, 5) is 0. The molecule has 3 atom stereocenters. The molecule has 2 aliphatic rings. The fourth-order valence-corrected chi connectivity index (χ4v) is 5.49. The molecule has 5 heteroatoms. The van der Waals surface area contributed by atoms with Crippen LogP contribution in [0.1, 0.15) is 32.3 Å². The van der Waals surface area contributed by atoms with E-state index in [0.717, 1.165) is 19.4 Å². The van der Waals surface area contributed by atoms with E-state index < -0.39 is 9.84 Å². The van der Waals surface area contributed by atoms with Crippen molar-refractivity contribution in [2.45, 2.75) is 45.4 Å². The number of nitrogens with one attached hydrogen (secondary N) is 1. The minimum absolute atomic E-state index is 0.0895. The van der Waals surface area contributed by atoms with Gasteiger partial charge in [0, 0.05) is 11.5 Å². The first kappa shape index (κ1) is 16.9. The Bertz CT molecular complexity index is 627. The van der Waals surface area contributed by atoms with Crippen LogP contribution >= 0.6 is 0 Å². The average molecular weight is 337 g/mol. The van der Waals surface area contributed by atoms with Gasteiger partial charge in [-0.05, 0) is 30.9 Å². The van der Waals surface area contributed by atoms with Crippen LogP contribution in [0, 0.1) is 11.3 Å². The van der Waals surface area contributed by atoms with Crippen LogP contribution in [0.4, 0.5) is 0 Å². The third-order valence-electron chi connectivity index (χ3n) is 5.45. The maximum Gasteiger partial charge on any atom is 0.150 e. The molecule has 1 saturated heterocycles. The number of hydrogen-bond donors (Lipinski definition) is 1. The first-order valence-corrected chi connectivity index (χ1v) is 10.3.